The average Bonchev–Trinajstić information content (AvgIpc) is 3.39. The Morgan fingerprint density at radius 3 is 2.60 bits per heavy atom. The summed E-state index contributed by atoms with van der Waals surface area (Å²) in [5.74, 6) is 2.48. The van der Waals surface area contributed by atoms with Crippen molar-refractivity contribution in [2.24, 2.45) is 0 Å². The van der Waals surface area contributed by atoms with E-state index in [0.29, 0.717) is 31.7 Å². The maximum Gasteiger partial charge on any atom is 0.222 e. The van der Waals surface area contributed by atoms with E-state index >= 15 is 0 Å². The fourth-order valence-corrected chi connectivity index (χ4v) is 3.68. The van der Waals surface area contributed by atoms with Gasteiger partial charge in [-0.1, -0.05) is 55.5 Å². The molecule has 0 radical (unpaired) electrons. The number of para-hydroxylation sites is 1. The average molecular weight is 402 g/mol. The predicted molar refractivity (Wildman–Crippen MR) is 117 cm³/mol. The third kappa shape index (κ3) is 4.30. The van der Waals surface area contributed by atoms with Gasteiger partial charge in [0.1, 0.15) is 11.3 Å². The predicted octanol–water partition coefficient (Wildman–Crippen LogP) is 5.63. The largest absolute Gasteiger partial charge is 0.461 e. The van der Waals surface area contributed by atoms with Crippen LogP contribution >= 0.6 is 0 Å². The van der Waals surface area contributed by atoms with Crippen LogP contribution in [0.15, 0.2) is 69.6 Å². The number of rotatable bonds is 8. The first kappa shape index (κ1) is 20.0. The number of hydrogen-bond donors (Lipinski definition) is 0. The number of nitrogens with zero attached hydrogens (tertiary/aromatic N) is 2. The summed E-state index contributed by atoms with van der Waals surface area (Å²) < 4.78 is 11.8. The Morgan fingerprint density at radius 1 is 1.03 bits per heavy atom. The monoisotopic (exact) mass is 402 g/mol. The van der Waals surface area contributed by atoms with Crippen LogP contribution in [-0.4, -0.2) is 22.8 Å². The molecule has 0 saturated carbocycles. The zero-order valence-electron chi connectivity index (χ0n) is 17.4. The fourth-order valence-electron chi connectivity index (χ4n) is 3.68. The lowest BCUT2D eigenvalue weighted by atomic mass is 10.1. The van der Waals surface area contributed by atoms with Crippen LogP contribution in [0, 0.1) is 0 Å². The number of hydrogen-bond acceptors (Lipinski definition) is 4. The van der Waals surface area contributed by atoms with E-state index in [-0.39, 0.29) is 5.91 Å². The molecule has 0 saturated heterocycles. The third-order valence-electron chi connectivity index (χ3n) is 5.32. The van der Waals surface area contributed by atoms with Gasteiger partial charge in [-0.05, 0) is 12.5 Å². The molecule has 0 atom stereocenters. The van der Waals surface area contributed by atoms with Gasteiger partial charge in [-0.2, -0.15) is 0 Å². The quantitative estimate of drug-likeness (QED) is 0.383. The van der Waals surface area contributed by atoms with Gasteiger partial charge < -0.3 is 13.7 Å². The highest BCUT2D eigenvalue weighted by atomic mass is 16.4. The number of carbonyl (C=O) groups excluding carboxylic acids is 1. The first-order valence-corrected chi connectivity index (χ1v) is 10.4. The molecule has 2 heterocycles. The Balaban J connectivity index is 1.33. The topological polar surface area (TPSA) is 59.5 Å². The maximum atomic E-state index is 12.7. The third-order valence-corrected chi connectivity index (χ3v) is 5.32. The second-order valence-corrected chi connectivity index (χ2v) is 7.44. The van der Waals surface area contributed by atoms with Gasteiger partial charge >= 0.3 is 0 Å². The molecule has 0 spiro atoms. The highest BCUT2D eigenvalue weighted by Gasteiger charge is 2.17. The van der Waals surface area contributed by atoms with Crippen molar-refractivity contribution in [3.63, 3.8) is 0 Å². The second kappa shape index (κ2) is 8.99. The summed E-state index contributed by atoms with van der Waals surface area (Å²) in [5.41, 5.74) is 2.98. The van der Waals surface area contributed by atoms with E-state index in [1.807, 2.05) is 55.6 Å². The molecule has 0 unspecified atom stereocenters. The van der Waals surface area contributed by atoms with Crippen LogP contribution < -0.4 is 0 Å². The van der Waals surface area contributed by atoms with E-state index in [1.165, 1.54) is 0 Å². The van der Waals surface area contributed by atoms with Crippen molar-refractivity contribution in [3.8, 4) is 11.3 Å². The smallest absolute Gasteiger partial charge is 0.222 e. The Morgan fingerprint density at radius 2 is 1.80 bits per heavy atom. The van der Waals surface area contributed by atoms with Gasteiger partial charge in [-0.25, -0.2) is 4.98 Å². The summed E-state index contributed by atoms with van der Waals surface area (Å²) in [6.07, 6.45) is 4.34. The molecule has 0 aliphatic rings. The maximum absolute atomic E-state index is 12.7. The van der Waals surface area contributed by atoms with Crippen LogP contribution in [0.1, 0.15) is 37.0 Å². The van der Waals surface area contributed by atoms with Gasteiger partial charge in [0.15, 0.2) is 11.7 Å². The Hall–Kier alpha value is -3.34. The SMILES string of the molecule is CCc1oc2ccccc2c1CN(C)C(=O)CCCc1ncc(-c2ccccc2)o1. The van der Waals surface area contributed by atoms with E-state index < -0.39 is 0 Å². The molecule has 0 aliphatic heterocycles. The number of carbonyl (C=O) groups is 1. The lowest BCUT2D eigenvalue weighted by molar-refractivity contribution is -0.130. The molecule has 4 rings (SSSR count). The minimum atomic E-state index is 0.108. The summed E-state index contributed by atoms with van der Waals surface area (Å²) >= 11 is 0. The molecule has 30 heavy (non-hydrogen) atoms. The number of oxazole rings is 1. The molecule has 2 aromatic carbocycles. The molecule has 0 bridgehead atoms. The highest BCUT2D eigenvalue weighted by Crippen LogP contribution is 2.27. The molecule has 154 valence electrons. The lowest BCUT2D eigenvalue weighted by Gasteiger charge is -2.17. The van der Waals surface area contributed by atoms with Crippen molar-refractivity contribution in [2.45, 2.75) is 39.2 Å². The molecule has 0 aliphatic carbocycles. The standard InChI is InChI=1S/C25H26N2O3/c1-3-21-20(19-12-7-8-13-22(19)29-21)17-27(2)25(28)15-9-14-24-26-16-23(30-24)18-10-5-4-6-11-18/h4-8,10-13,16H,3,9,14-15,17H2,1-2H3. The molecule has 5 heteroatoms. The molecule has 0 N–H and O–H groups in total. The number of benzene rings is 2. The van der Waals surface area contributed by atoms with E-state index in [4.69, 9.17) is 8.83 Å². The van der Waals surface area contributed by atoms with Crippen LogP contribution in [-0.2, 0) is 24.2 Å². The summed E-state index contributed by atoms with van der Waals surface area (Å²) in [7, 11) is 1.85. The summed E-state index contributed by atoms with van der Waals surface area (Å²) in [6.45, 7) is 2.62. The number of aromatic nitrogens is 1. The molecule has 5 nitrogen and oxygen atoms in total. The van der Waals surface area contributed by atoms with Gasteiger partial charge in [-0.3, -0.25) is 4.79 Å². The van der Waals surface area contributed by atoms with Crippen molar-refractivity contribution >= 4 is 16.9 Å². The minimum absolute atomic E-state index is 0.108. The Bertz CT molecular complexity index is 1130. The van der Waals surface area contributed by atoms with E-state index in [2.05, 4.69) is 18.0 Å². The first-order chi connectivity index (χ1) is 14.7. The lowest BCUT2D eigenvalue weighted by Crippen LogP contribution is -2.26. The van der Waals surface area contributed by atoms with Gasteiger partial charge in [0, 0.05) is 49.4 Å². The highest BCUT2D eigenvalue weighted by molar-refractivity contribution is 5.83. The number of amides is 1. The normalized spacial score (nSPS) is 11.1. The number of aryl methyl sites for hydroxylation is 2. The molecule has 4 aromatic rings. The van der Waals surface area contributed by atoms with Gasteiger partial charge in [0.05, 0.1) is 6.20 Å². The zero-order chi connectivity index (χ0) is 20.9. The van der Waals surface area contributed by atoms with Crippen LogP contribution in [0.4, 0.5) is 0 Å². The van der Waals surface area contributed by atoms with Gasteiger partial charge in [0.25, 0.3) is 0 Å². The number of furan rings is 1. The first-order valence-electron chi connectivity index (χ1n) is 10.4. The summed E-state index contributed by atoms with van der Waals surface area (Å²) in [4.78, 5) is 18.8. The number of fused-ring (bicyclic) bond motifs is 1. The van der Waals surface area contributed by atoms with E-state index in [1.54, 1.807) is 11.1 Å². The van der Waals surface area contributed by atoms with Crippen LogP contribution in [0.5, 0.6) is 0 Å². The zero-order valence-corrected chi connectivity index (χ0v) is 17.4. The Kier molecular flexibility index (Phi) is 5.98. The molecule has 2 aromatic heterocycles. The molecule has 0 fully saturated rings. The van der Waals surface area contributed by atoms with Crippen molar-refractivity contribution in [1.82, 2.24) is 9.88 Å². The second-order valence-electron chi connectivity index (χ2n) is 7.44. The van der Waals surface area contributed by atoms with Crippen LogP contribution in [0.25, 0.3) is 22.3 Å². The van der Waals surface area contributed by atoms with Gasteiger partial charge in [-0.15, -0.1) is 0 Å². The molecule has 1 amide bonds. The molecular weight excluding hydrogens is 376 g/mol. The summed E-state index contributed by atoms with van der Waals surface area (Å²) in [5, 5.41) is 1.09. The van der Waals surface area contributed by atoms with E-state index in [9.17, 15) is 4.79 Å². The van der Waals surface area contributed by atoms with Crippen molar-refractivity contribution in [1.29, 1.82) is 0 Å². The molecular formula is C25H26N2O3. The van der Waals surface area contributed by atoms with Crippen molar-refractivity contribution < 1.29 is 13.6 Å². The summed E-state index contributed by atoms with van der Waals surface area (Å²) in [6, 6.07) is 17.9. The van der Waals surface area contributed by atoms with Crippen molar-refractivity contribution in [3.05, 3.63) is 78.0 Å². The van der Waals surface area contributed by atoms with Crippen molar-refractivity contribution in [2.75, 3.05) is 7.05 Å². The Labute approximate surface area is 176 Å². The van der Waals surface area contributed by atoms with Crippen LogP contribution in [0.3, 0.4) is 0 Å². The minimum Gasteiger partial charge on any atom is -0.461 e. The van der Waals surface area contributed by atoms with Gasteiger partial charge in [0.2, 0.25) is 5.91 Å². The van der Waals surface area contributed by atoms with Crippen LogP contribution in [0.2, 0.25) is 0 Å². The fraction of sp³-hybridized carbons (Fsp3) is 0.280. The van der Waals surface area contributed by atoms with E-state index in [0.717, 1.165) is 40.0 Å².